The van der Waals surface area contributed by atoms with Crippen molar-refractivity contribution in [2.75, 3.05) is 13.6 Å². The van der Waals surface area contributed by atoms with Crippen molar-refractivity contribution in [2.24, 2.45) is 0 Å². The molecule has 0 aliphatic carbocycles. The minimum Gasteiger partial charge on any atom is -0.505 e. The van der Waals surface area contributed by atoms with Crippen molar-refractivity contribution < 1.29 is 9.50 Å². The number of likely N-dealkylation sites (N-methyl/N-ethyl adjacent to an activating group) is 1. The molecular weight excluding hydrogens is 181 g/mol. The van der Waals surface area contributed by atoms with E-state index in [0.29, 0.717) is 12.0 Å². The van der Waals surface area contributed by atoms with Crippen molar-refractivity contribution in [1.29, 1.82) is 0 Å². The quantitative estimate of drug-likeness (QED) is 0.772. The fraction of sp³-hybridized carbons (Fsp3) is 0.455. The van der Waals surface area contributed by atoms with Gasteiger partial charge in [-0.2, -0.15) is 0 Å². The van der Waals surface area contributed by atoms with E-state index in [1.807, 2.05) is 20.0 Å². The van der Waals surface area contributed by atoms with Gasteiger partial charge in [-0.05, 0) is 43.6 Å². The average molecular weight is 197 g/mol. The van der Waals surface area contributed by atoms with Gasteiger partial charge < -0.3 is 10.4 Å². The summed E-state index contributed by atoms with van der Waals surface area (Å²) in [5.41, 5.74) is 1.60. The van der Waals surface area contributed by atoms with Crippen LogP contribution in [0.4, 0.5) is 4.39 Å². The molecule has 2 nitrogen and oxygen atoms in total. The number of aryl methyl sites for hydroxylation is 1. The predicted octanol–water partition coefficient (Wildman–Crippen LogP) is 1.86. The van der Waals surface area contributed by atoms with Gasteiger partial charge in [-0.3, -0.25) is 0 Å². The van der Waals surface area contributed by atoms with Gasteiger partial charge in [-0.15, -0.1) is 0 Å². The highest BCUT2D eigenvalue weighted by Crippen LogP contribution is 2.23. The molecule has 78 valence electrons. The molecule has 0 bridgehead atoms. The third-order valence-corrected chi connectivity index (χ3v) is 2.25. The third-order valence-electron chi connectivity index (χ3n) is 2.25. The molecular formula is C11H16FNO. The number of phenolic OH excluding ortho intramolecular Hbond substituents is 1. The Morgan fingerprint density at radius 1 is 1.43 bits per heavy atom. The molecule has 1 aromatic carbocycles. The van der Waals surface area contributed by atoms with Gasteiger partial charge in [0.25, 0.3) is 0 Å². The molecule has 0 spiro atoms. The first kappa shape index (κ1) is 11.0. The Hall–Kier alpha value is -1.09. The van der Waals surface area contributed by atoms with E-state index in [9.17, 15) is 9.50 Å². The van der Waals surface area contributed by atoms with E-state index in [-0.39, 0.29) is 5.75 Å². The Bertz CT molecular complexity index is 312. The molecule has 0 aliphatic heterocycles. The van der Waals surface area contributed by atoms with Crippen LogP contribution in [-0.2, 0) is 12.8 Å². The third kappa shape index (κ3) is 2.45. The molecule has 0 radical (unpaired) electrons. The highest BCUT2D eigenvalue weighted by atomic mass is 19.1. The second kappa shape index (κ2) is 4.96. The highest BCUT2D eigenvalue weighted by Gasteiger charge is 2.08. The summed E-state index contributed by atoms with van der Waals surface area (Å²) in [6, 6.07) is 3.24. The number of nitrogens with one attached hydrogen (secondary N) is 1. The standard InChI is InChI=1S/C11H16FNO/c1-3-8-6-9(4-5-13-2)11(14)10(12)7-8/h6-7,13-14H,3-5H2,1-2H3. The topological polar surface area (TPSA) is 32.3 Å². The molecule has 3 heteroatoms. The van der Waals surface area contributed by atoms with Crippen LogP contribution in [0, 0.1) is 5.82 Å². The minimum absolute atomic E-state index is 0.211. The molecule has 1 rings (SSSR count). The van der Waals surface area contributed by atoms with Crippen LogP contribution < -0.4 is 5.32 Å². The summed E-state index contributed by atoms with van der Waals surface area (Å²) in [6.45, 7) is 2.70. The molecule has 0 heterocycles. The largest absolute Gasteiger partial charge is 0.505 e. The van der Waals surface area contributed by atoms with Gasteiger partial charge in [-0.1, -0.05) is 13.0 Å². The zero-order valence-corrected chi connectivity index (χ0v) is 8.60. The number of hydrogen-bond acceptors (Lipinski definition) is 2. The summed E-state index contributed by atoms with van der Waals surface area (Å²) in [6.07, 6.45) is 1.43. The molecule has 0 aromatic heterocycles. The van der Waals surface area contributed by atoms with Gasteiger partial charge in [0.1, 0.15) is 0 Å². The molecule has 0 unspecified atom stereocenters. The average Bonchev–Trinajstić information content (AvgIpc) is 2.20. The Labute approximate surface area is 83.8 Å². The Morgan fingerprint density at radius 2 is 2.14 bits per heavy atom. The second-order valence-electron chi connectivity index (χ2n) is 3.29. The van der Waals surface area contributed by atoms with Gasteiger partial charge >= 0.3 is 0 Å². The molecule has 14 heavy (non-hydrogen) atoms. The van der Waals surface area contributed by atoms with Gasteiger partial charge in [0.15, 0.2) is 11.6 Å². The van der Waals surface area contributed by atoms with Crippen LogP contribution in [0.2, 0.25) is 0 Å². The molecule has 1 aromatic rings. The van der Waals surface area contributed by atoms with Crippen molar-refractivity contribution in [3.05, 3.63) is 29.1 Å². The first-order valence-corrected chi connectivity index (χ1v) is 4.84. The molecule has 0 fully saturated rings. The van der Waals surface area contributed by atoms with Gasteiger partial charge in [0.2, 0.25) is 0 Å². The summed E-state index contributed by atoms with van der Waals surface area (Å²) >= 11 is 0. The molecule has 0 amide bonds. The molecule has 0 aliphatic rings. The molecule has 0 saturated carbocycles. The van der Waals surface area contributed by atoms with E-state index in [1.54, 1.807) is 0 Å². The van der Waals surface area contributed by atoms with E-state index in [2.05, 4.69) is 5.32 Å². The Kier molecular flexibility index (Phi) is 3.89. The second-order valence-corrected chi connectivity index (χ2v) is 3.29. The number of rotatable bonds is 4. The van der Waals surface area contributed by atoms with Crippen molar-refractivity contribution in [3.63, 3.8) is 0 Å². The van der Waals surface area contributed by atoms with Crippen molar-refractivity contribution in [3.8, 4) is 5.75 Å². The SMILES string of the molecule is CCc1cc(F)c(O)c(CCNC)c1. The maximum Gasteiger partial charge on any atom is 0.165 e. The number of halogens is 1. The van der Waals surface area contributed by atoms with E-state index >= 15 is 0 Å². The Balaban J connectivity index is 2.95. The lowest BCUT2D eigenvalue weighted by Crippen LogP contribution is -2.10. The summed E-state index contributed by atoms with van der Waals surface area (Å²) in [4.78, 5) is 0. The smallest absolute Gasteiger partial charge is 0.165 e. The summed E-state index contributed by atoms with van der Waals surface area (Å²) in [7, 11) is 1.83. The van der Waals surface area contributed by atoms with E-state index in [4.69, 9.17) is 0 Å². The summed E-state index contributed by atoms with van der Waals surface area (Å²) in [5, 5.41) is 12.4. The number of hydrogen-bond donors (Lipinski definition) is 2. The van der Waals surface area contributed by atoms with Crippen LogP contribution in [0.3, 0.4) is 0 Å². The first-order chi connectivity index (χ1) is 6.69. The normalized spacial score (nSPS) is 10.5. The molecule has 0 atom stereocenters. The fourth-order valence-electron chi connectivity index (χ4n) is 1.37. The van der Waals surface area contributed by atoms with Crippen molar-refractivity contribution in [2.45, 2.75) is 19.8 Å². The van der Waals surface area contributed by atoms with E-state index < -0.39 is 5.82 Å². The lowest BCUT2D eigenvalue weighted by Gasteiger charge is -2.07. The lowest BCUT2D eigenvalue weighted by atomic mass is 10.0. The number of benzene rings is 1. The van der Waals surface area contributed by atoms with E-state index in [0.717, 1.165) is 18.5 Å². The maximum atomic E-state index is 13.2. The van der Waals surface area contributed by atoms with Crippen LogP contribution in [-0.4, -0.2) is 18.7 Å². The van der Waals surface area contributed by atoms with E-state index in [1.165, 1.54) is 6.07 Å². The van der Waals surface area contributed by atoms with Crippen molar-refractivity contribution >= 4 is 0 Å². The lowest BCUT2D eigenvalue weighted by molar-refractivity contribution is 0.425. The van der Waals surface area contributed by atoms with Crippen LogP contribution in [0.15, 0.2) is 12.1 Å². The van der Waals surface area contributed by atoms with Crippen LogP contribution in [0.25, 0.3) is 0 Å². The van der Waals surface area contributed by atoms with Gasteiger partial charge in [0, 0.05) is 0 Å². The van der Waals surface area contributed by atoms with Gasteiger partial charge in [0.05, 0.1) is 0 Å². The fourth-order valence-corrected chi connectivity index (χ4v) is 1.37. The number of phenols is 1. The van der Waals surface area contributed by atoms with Crippen molar-refractivity contribution in [1.82, 2.24) is 5.32 Å². The molecule has 2 N–H and O–H groups in total. The summed E-state index contributed by atoms with van der Waals surface area (Å²) in [5.74, 6) is -0.729. The van der Waals surface area contributed by atoms with Gasteiger partial charge in [-0.25, -0.2) is 4.39 Å². The zero-order valence-electron chi connectivity index (χ0n) is 8.60. The van der Waals surface area contributed by atoms with Crippen LogP contribution >= 0.6 is 0 Å². The number of aromatic hydroxyl groups is 1. The maximum absolute atomic E-state index is 13.2. The molecule has 0 saturated heterocycles. The highest BCUT2D eigenvalue weighted by molar-refractivity contribution is 5.37. The first-order valence-electron chi connectivity index (χ1n) is 4.84. The zero-order chi connectivity index (χ0) is 10.6. The summed E-state index contributed by atoms with van der Waals surface area (Å²) < 4.78 is 13.2. The predicted molar refractivity (Wildman–Crippen MR) is 55.1 cm³/mol. The monoisotopic (exact) mass is 197 g/mol. The minimum atomic E-state index is -0.518. The Morgan fingerprint density at radius 3 is 2.71 bits per heavy atom. The van der Waals surface area contributed by atoms with Crippen LogP contribution in [0.5, 0.6) is 5.75 Å². The van der Waals surface area contributed by atoms with Crippen LogP contribution in [0.1, 0.15) is 18.1 Å².